The second-order valence-electron chi connectivity index (χ2n) is 7.16. The monoisotopic (exact) mass is 377 g/mol. The molecule has 150 valence electrons. The summed E-state index contributed by atoms with van der Waals surface area (Å²) < 4.78 is 21.9. The van der Waals surface area contributed by atoms with Gasteiger partial charge in [0.2, 0.25) is 6.79 Å². The molecule has 2 aliphatic rings. The van der Waals surface area contributed by atoms with E-state index in [0.29, 0.717) is 19.9 Å². The molecule has 7 nitrogen and oxygen atoms in total. The minimum absolute atomic E-state index is 0.0634. The third-order valence-electron chi connectivity index (χ3n) is 5.12. The van der Waals surface area contributed by atoms with Gasteiger partial charge in [0.25, 0.3) is 0 Å². The zero-order valence-electron chi connectivity index (χ0n) is 16.5. The number of aliphatic imine (C=N–C) groups is 1. The van der Waals surface area contributed by atoms with Crippen LogP contribution in [0.25, 0.3) is 0 Å². The molecule has 1 unspecified atom stereocenters. The molecule has 1 fully saturated rings. The van der Waals surface area contributed by atoms with Crippen molar-refractivity contribution in [3.63, 3.8) is 0 Å². The maximum absolute atomic E-state index is 5.64. The maximum Gasteiger partial charge on any atom is 0.231 e. The van der Waals surface area contributed by atoms with Crippen LogP contribution in [-0.4, -0.2) is 58.8 Å². The molecule has 0 amide bonds. The molecule has 2 aliphatic heterocycles. The van der Waals surface area contributed by atoms with E-state index in [1.54, 1.807) is 7.11 Å². The number of nitrogens with one attached hydrogen (secondary N) is 2. The molecule has 1 aromatic carbocycles. The number of rotatable bonds is 7. The molecule has 0 aromatic heterocycles. The smallest absolute Gasteiger partial charge is 0.231 e. The quantitative estimate of drug-likeness (QED) is 0.560. The molecule has 0 radical (unpaired) electrons. The number of hydrogen-bond acceptors (Lipinski definition) is 5. The van der Waals surface area contributed by atoms with E-state index in [1.807, 2.05) is 6.07 Å². The van der Waals surface area contributed by atoms with Crippen molar-refractivity contribution in [3.8, 4) is 11.5 Å². The van der Waals surface area contributed by atoms with Gasteiger partial charge in [-0.05, 0) is 44.4 Å². The van der Waals surface area contributed by atoms with E-state index in [-0.39, 0.29) is 11.5 Å². The minimum atomic E-state index is -0.0634. The molecule has 7 heteroatoms. The van der Waals surface area contributed by atoms with E-state index in [9.17, 15) is 0 Å². The fourth-order valence-corrected chi connectivity index (χ4v) is 3.60. The zero-order chi connectivity index (χ0) is 19.1. The van der Waals surface area contributed by atoms with Gasteiger partial charge in [-0.2, -0.15) is 0 Å². The van der Waals surface area contributed by atoms with Crippen molar-refractivity contribution in [1.82, 2.24) is 10.6 Å². The Bertz CT molecular complexity index is 644. The summed E-state index contributed by atoms with van der Waals surface area (Å²) in [5.41, 5.74) is 1.17. The predicted molar refractivity (Wildman–Crippen MR) is 105 cm³/mol. The van der Waals surface area contributed by atoms with Crippen molar-refractivity contribution < 1.29 is 18.9 Å². The Morgan fingerprint density at radius 3 is 2.78 bits per heavy atom. The van der Waals surface area contributed by atoms with Crippen molar-refractivity contribution in [2.45, 2.75) is 38.1 Å². The number of guanidine groups is 1. The van der Waals surface area contributed by atoms with Gasteiger partial charge in [0.05, 0.1) is 13.2 Å². The lowest BCUT2D eigenvalue weighted by atomic mass is 9.74. The average molecular weight is 377 g/mol. The van der Waals surface area contributed by atoms with E-state index in [4.69, 9.17) is 23.9 Å². The molecular weight excluding hydrogens is 346 g/mol. The molecule has 0 spiro atoms. The second kappa shape index (κ2) is 9.28. The zero-order valence-corrected chi connectivity index (χ0v) is 16.5. The van der Waals surface area contributed by atoms with Crippen LogP contribution in [0.1, 0.15) is 32.3 Å². The highest BCUT2D eigenvalue weighted by molar-refractivity contribution is 5.80. The molecular formula is C20H31N3O4. The Hall–Kier alpha value is -1.99. The SMILES string of the molecule is CCNC(=NCC1(c2ccc3c(c2)OCO3)CCOCC1)NC(C)COC. The summed E-state index contributed by atoms with van der Waals surface area (Å²) in [5, 5.41) is 6.74. The average Bonchev–Trinajstić information content (AvgIpc) is 3.15. The molecule has 3 rings (SSSR count). The Kier molecular flexibility index (Phi) is 6.79. The van der Waals surface area contributed by atoms with Gasteiger partial charge in [-0.3, -0.25) is 4.99 Å². The first-order valence-electron chi connectivity index (χ1n) is 9.68. The van der Waals surface area contributed by atoms with Gasteiger partial charge in [-0.25, -0.2) is 0 Å². The number of hydrogen-bond donors (Lipinski definition) is 2. The third kappa shape index (κ3) is 4.84. The molecule has 2 N–H and O–H groups in total. The van der Waals surface area contributed by atoms with E-state index in [0.717, 1.165) is 50.1 Å². The fourth-order valence-electron chi connectivity index (χ4n) is 3.60. The van der Waals surface area contributed by atoms with Crippen LogP contribution >= 0.6 is 0 Å². The van der Waals surface area contributed by atoms with Crippen molar-refractivity contribution in [2.75, 3.05) is 46.8 Å². The Morgan fingerprint density at radius 1 is 1.26 bits per heavy atom. The molecule has 0 bridgehead atoms. The summed E-state index contributed by atoms with van der Waals surface area (Å²) in [6.45, 7) is 8.06. The van der Waals surface area contributed by atoms with Crippen LogP contribution in [0, 0.1) is 0 Å². The van der Waals surface area contributed by atoms with Gasteiger partial charge < -0.3 is 29.6 Å². The predicted octanol–water partition coefficient (Wildman–Crippen LogP) is 2.05. The Labute approximate surface area is 161 Å². The second-order valence-corrected chi connectivity index (χ2v) is 7.16. The molecule has 2 heterocycles. The van der Waals surface area contributed by atoms with Gasteiger partial charge in [0.15, 0.2) is 17.5 Å². The lowest BCUT2D eigenvalue weighted by molar-refractivity contribution is 0.0530. The summed E-state index contributed by atoms with van der Waals surface area (Å²) in [5.74, 6) is 2.45. The van der Waals surface area contributed by atoms with E-state index in [2.05, 4.69) is 36.6 Å². The van der Waals surface area contributed by atoms with Gasteiger partial charge in [-0.15, -0.1) is 0 Å². The Morgan fingerprint density at radius 2 is 2.04 bits per heavy atom. The standard InChI is InChI=1S/C20H31N3O4/c1-4-21-19(23-15(2)12-24-3)22-13-20(7-9-25-10-8-20)16-5-6-17-18(11-16)27-14-26-17/h5-6,11,15H,4,7-10,12-14H2,1-3H3,(H2,21,22,23). The normalized spacial score (nSPS) is 19.6. The van der Waals surface area contributed by atoms with Crippen LogP contribution in [0.15, 0.2) is 23.2 Å². The summed E-state index contributed by atoms with van der Waals surface area (Å²) >= 11 is 0. The molecule has 1 aromatic rings. The molecule has 1 saturated heterocycles. The molecule has 27 heavy (non-hydrogen) atoms. The molecule has 1 atom stereocenters. The van der Waals surface area contributed by atoms with Crippen LogP contribution in [0.5, 0.6) is 11.5 Å². The van der Waals surface area contributed by atoms with E-state index < -0.39 is 0 Å². The lowest BCUT2D eigenvalue weighted by Crippen LogP contribution is -2.45. The fraction of sp³-hybridized carbons (Fsp3) is 0.650. The van der Waals surface area contributed by atoms with Gasteiger partial charge in [0.1, 0.15) is 0 Å². The summed E-state index contributed by atoms with van der Waals surface area (Å²) in [6, 6.07) is 6.44. The lowest BCUT2D eigenvalue weighted by Gasteiger charge is -2.37. The maximum atomic E-state index is 5.64. The first kappa shape index (κ1) is 19.8. The number of fused-ring (bicyclic) bond motifs is 1. The van der Waals surface area contributed by atoms with Gasteiger partial charge in [-0.1, -0.05) is 6.07 Å². The molecule has 0 aliphatic carbocycles. The van der Waals surface area contributed by atoms with Crippen molar-refractivity contribution >= 4 is 5.96 Å². The van der Waals surface area contributed by atoms with Crippen LogP contribution in [0.3, 0.4) is 0 Å². The van der Waals surface area contributed by atoms with E-state index in [1.165, 1.54) is 5.56 Å². The number of methoxy groups -OCH3 is 1. The summed E-state index contributed by atoms with van der Waals surface area (Å²) in [6.07, 6.45) is 1.87. The van der Waals surface area contributed by atoms with Crippen LogP contribution in [-0.2, 0) is 14.9 Å². The first-order valence-corrected chi connectivity index (χ1v) is 9.68. The van der Waals surface area contributed by atoms with Crippen molar-refractivity contribution in [2.24, 2.45) is 4.99 Å². The summed E-state index contributed by atoms with van der Waals surface area (Å²) in [7, 11) is 1.71. The van der Waals surface area contributed by atoms with Crippen molar-refractivity contribution in [3.05, 3.63) is 23.8 Å². The van der Waals surface area contributed by atoms with Crippen LogP contribution < -0.4 is 20.1 Å². The number of ether oxygens (including phenoxy) is 4. The highest BCUT2D eigenvalue weighted by Crippen LogP contribution is 2.41. The number of nitrogens with zero attached hydrogens (tertiary/aromatic N) is 1. The van der Waals surface area contributed by atoms with Crippen LogP contribution in [0.4, 0.5) is 0 Å². The largest absolute Gasteiger partial charge is 0.454 e. The first-order chi connectivity index (χ1) is 13.2. The van der Waals surface area contributed by atoms with E-state index >= 15 is 0 Å². The summed E-state index contributed by atoms with van der Waals surface area (Å²) in [4.78, 5) is 4.91. The van der Waals surface area contributed by atoms with Gasteiger partial charge in [0, 0.05) is 38.3 Å². The van der Waals surface area contributed by atoms with Gasteiger partial charge >= 0.3 is 0 Å². The number of benzene rings is 1. The minimum Gasteiger partial charge on any atom is -0.454 e. The van der Waals surface area contributed by atoms with Crippen molar-refractivity contribution in [1.29, 1.82) is 0 Å². The topological polar surface area (TPSA) is 73.3 Å². The molecule has 0 saturated carbocycles. The Balaban J connectivity index is 1.81. The third-order valence-corrected chi connectivity index (χ3v) is 5.12. The van der Waals surface area contributed by atoms with Crippen LogP contribution in [0.2, 0.25) is 0 Å². The highest BCUT2D eigenvalue weighted by Gasteiger charge is 2.35. The highest BCUT2D eigenvalue weighted by atomic mass is 16.7.